The van der Waals surface area contributed by atoms with Crippen molar-refractivity contribution in [3.63, 3.8) is 0 Å². The number of carbonyl (C=O) groups is 2. The van der Waals surface area contributed by atoms with Gasteiger partial charge in [-0.25, -0.2) is 0 Å². The Kier molecular flexibility index (Phi) is 6.92. The molecule has 0 radical (unpaired) electrons. The molecule has 0 unspecified atom stereocenters. The maximum atomic E-state index is 11.0. The van der Waals surface area contributed by atoms with Crippen molar-refractivity contribution in [1.29, 1.82) is 0 Å². The lowest BCUT2D eigenvalue weighted by molar-refractivity contribution is -0.119. The van der Waals surface area contributed by atoms with Crippen molar-refractivity contribution in [2.24, 2.45) is 0 Å². The topological polar surface area (TPSA) is 70.2 Å². The first kappa shape index (κ1) is 13.4. The molecule has 5 nitrogen and oxygen atoms in total. The molecule has 0 fully saturated rings. The number of carbonyl (C=O) groups excluding carboxylic acids is 2. The molecule has 0 aliphatic heterocycles. The molecule has 0 aliphatic rings. The number of hydrogen-bond donors (Lipinski definition) is 3. The second-order valence-electron chi connectivity index (χ2n) is 2.79. The van der Waals surface area contributed by atoms with E-state index in [2.05, 4.69) is 29.1 Å². The van der Waals surface area contributed by atoms with Crippen LogP contribution in [0.3, 0.4) is 0 Å². The Morgan fingerprint density at radius 2 is 1.67 bits per heavy atom. The molecule has 0 aromatic heterocycles. The van der Waals surface area contributed by atoms with E-state index in [0.717, 1.165) is 18.7 Å². The monoisotopic (exact) mass is 211 g/mol. The summed E-state index contributed by atoms with van der Waals surface area (Å²) in [7, 11) is 0. The van der Waals surface area contributed by atoms with Gasteiger partial charge in [0.25, 0.3) is 0 Å². The second kappa shape index (κ2) is 7.75. The van der Waals surface area contributed by atoms with E-state index in [9.17, 15) is 9.59 Å². The molecule has 0 rings (SSSR count). The maximum Gasteiger partial charge on any atom is 0.245 e. The molecule has 15 heavy (non-hydrogen) atoms. The minimum Gasteiger partial charge on any atom is -0.331 e. The van der Waals surface area contributed by atoms with Crippen molar-refractivity contribution in [1.82, 2.24) is 16.0 Å². The van der Waals surface area contributed by atoms with Gasteiger partial charge >= 0.3 is 0 Å². The number of likely N-dealkylation sites (N-methyl/N-ethyl adjacent to an activating group) is 1. The third kappa shape index (κ3) is 6.45. The summed E-state index contributed by atoms with van der Waals surface area (Å²) in [5, 5.41) is 8.14. The van der Waals surface area contributed by atoms with E-state index in [1.807, 2.05) is 6.92 Å². The quantitative estimate of drug-likeness (QED) is 0.394. The highest BCUT2D eigenvalue weighted by atomic mass is 16.2. The molecule has 5 heteroatoms. The SMILES string of the molecule is C=CC(=O)NC(CNCC)NC(=O)C=C. The van der Waals surface area contributed by atoms with Gasteiger partial charge in [-0.3, -0.25) is 9.59 Å². The van der Waals surface area contributed by atoms with Crippen LogP contribution in [0.2, 0.25) is 0 Å². The smallest absolute Gasteiger partial charge is 0.245 e. The van der Waals surface area contributed by atoms with E-state index in [1.54, 1.807) is 0 Å². The predicted octanol–water partition coefficient (Wildman–Crippen LogP) is -0.474. The van der Waals surface area contributed by atoms with Gasteiger partial charge in [0.15, 0.2) is 0 Å². The zero-order valence-electron chi connectivity index (χ0n) is 8.88. The fourth-order valence-corrected chi connectivity index (χ4v) is 0.888. The van der Waals surface area contributed by atoms with Gasteiger partial charge in [-0.1, -0.05) is 20.1 Å². The standard InChI is InChI=1S/C10H17N3O2/c1-4-9(14)12-8(7-11-6-3)13-10(15)5-2/h4-5,8,11H,1-2,6-7H2,3H3,(H,12,14)(H,13,15). The van der Waals surface area contributed by atoms with E-state index < -0.39 is 6.17 Å². The van der Waals surface area contributed by atoms with Crippen molar-refractivity contribution in [3.05, 3.63) is 25.3 Å². The molecular formula is C10H17N3O2. The van der Waals surface area contributed by atoms with E-state index in [-0.39, 0.29) is 11.8 Å². The highest BCUT2D eigenvalue weighted by molar-refractivity contribution is 5.89. The maximum absolute atomic E-state index is 11.0. The van der Waals surface area contributed by atoms with Crippen LogP contribution in [0.1, 0.15) is 6.92 Å². The molecule has 0 aromatic rings. The number of rotatable bonds is 7. The first-order chi connectivity index (χ1) is 7.13. The van der Waals surface area contributed by atoms with Crippen molar-refractivity contribution < 1.29 is 9.59 Å². The fourth-order valence-electron chi connectivity index (χ4n) is 0.888. The van der Waals surface area contributed by atoms with Gasteiger partial charge in [-0.15, -0.1) is 0 Å². The lowest BCUT2D eigenvalue weighted by Crippen LogP contribution is -2.52. The van der Waals surface area contributed by atoms with Crippen molar-refractivity contribution >= 4 is 11.8 Å². The average Bonchev–Trinajstić information content (AvgIpc) is 2.25. The molecule has 2 amide bonds. The van der Waals surface area contributed by atoms with Gasteiger partial charge in [0.2, 0.25) is 11.8 Å². The summed E-state index contributed by atoms with van der Waals surface area (Å²) in [6, 6.07) is 0. The molecule has 0 aromatic carbocycles. The van der Waals surface area contributed by atoms with Crippen molar-refractivity contribution in [2.75, 3.05) is 13.1 Å². The van der Waals surface area contributed by atoms with Gasteiger partial charge in [0.05, 0.1) is 0 Å². The number of nitrogens with one attached hydrogen (secondary N) is 3. The minimum atomic E-state index is -0.457. The summed E-state index contributed by atoms with van der Waals surface area (Å²) in [4.78, 5) is 22.0. The Morgan fingerprint density at radius 1 is 1.20 bits per heavy atom. The average molecular weight is 211 g/mol. The van der Waals surface area contributed by atoms with Crippen LogP contribution in [-0.2, 0) is 9.59 Å². The van der Waals surface area contributed by atoms with Crippen LogP contribution in [0.4, 0.5) is 0 Å². The summed E-state index contributed by atoms with van der Waals surface area (Å²) in [6.07, 6.45) is 1.85. The van der Waals surface area contributed by atoms with E-state index in [0.29, 0.717) is 6.54 Å². The van der Waals surface area contributed by atoms with Gasteiger partial charge < -0.3 is 16.0 Å². The highest BCUT2D eigenvalue weighted by Gasteiger charge is 2.10. The molecule has 0 heterocycles. The molecule has 0 atom stereocenters. The summed E-state index contributed by atoms with van der Waals surface area (Å²) in [6.45, 7) is 9.80. The molecule has 0 saturated carbocycles. The van der Waals surface area contributed by atoms with Gasteiger partial charge in [-0.05, 0) is 18.7 Å². The van der Waals surface area contributed by atoms with Crippen LogP contribution < -0.4 is 16.0 Å². The van der Waals surface area contributed by atoms with Crippen LogP contribution in [-0.4, -0.2) is 31.1 Å². The Morgan fingerprint density at radius 3 is 2.00 bits per heavy atom. The zero-order chi connectivity index (χ0) is 11.7. The summed E-state index contributed by atoms with van der Waals surface area (Å²) >= 11 is 0. The summed E-state index contributed by atoms with van der Waals surface area (Å²) < 4.78 is 0. The summed E-state index contributed by atoms with van der Waals surface area (Å²) in [5.74, 6) is -0.662. The number of amides is 2. The molecule has 0 aliphatic carbocycles. The predicted molar refractivity (Wildman–Crippen MR) is 59.0 cm³/mol. The van der Waals surface area contributed by atoms with E-state index >= 15 is 0 Å². The Labute approximate surface area is 89.6 Å². The molecular weight excluding hydrogens is 194 g/mol. The van der Waals surface area contributed by atoms with Crippen molar-refractivity contribution in [2.45, 2.75) is 13.1 Å². The lowest BCUT2D eigenvalue weighted by Gasteiger charge is -2.18. The Bertz CT molecular complexity index is 229. The first-order valence-electron chi connectivity index (χ1n) is 4.70. The third-order valence-corrected chi connectivity index (χ3v) is 1.60. The first-order valence-corrected chi connectivity index (χ1v) is 4.70. The van der Waals surface area contributed by atoms with E-state index in [1.165, 1.54) is 0 Å². The lowest BCUT2D eigenvalue weighted by atomic mass is 10.4. The summed E-state index contributed by atoms with van der Waals surface area (Å²) in [5.41, 5.74) is 0. The Balaban J connectivity index is 4.16. The zero-order valence-corrected chi connectivity index (χ0v) is 8.88. The normalized spacial score (nSPS) is 9.47. The molecule has 3 N–H and O–H groups in total. The Hall–Kier alpha value is -1.62. The minimum absolute atomic E-state index is 0.331. The third-order valence-electron chi connectivity index (χ3n) is 1.60. The van der Waals surface area contributed by atoms with Crippen LogP contribution in [0.5, 0.6) is 0 Å². The van der Waals surface area contributed by atoms with Crippen LogP contribution >= 0.6 is 0 Å². The molecule has 0 bridgehead atoms. The van der Waals surface area contributed by atoms with Crippen molar-refractivity contribution in [3.8, 4) is 0 Å². The van der Waals surface area contributed by atoms with Crippen LogP contribution in [0.25, 0.3) is 0 Å². The fraction of sp³-hybridized carbons (Fsp3) is 0.400. The molecule has 0 saturated heterocycles. The number of hydrogen-bond acceptors (Lipinski definition) is 3. The van der Waals surface area contributed by atoms with Crippen LogP contribution in [0.15, 0.2) is 25.3 Å². The van der Waals surface area contributed by atoms with Gasteiger partial charge in [0.1, 0.15) is 6.17 Å². The molecule has 84 valence electrons. The molecule has 0 spiro atoms. The second-order valence-corrected chi connectivity index (χ2v) is 2.79. The highest BCUT2D eigenvalue weighted by Crippen LogP contribution is 1.80. The van der Waals surface area contributed by atoms with Gasteiger partial charge in [0, 0.05) is 6.54 Å². The largest absolute Gasteiger partial charge is 0.331 e. The van der Waals surface area contributed by atoms with Crippen LogP contribution in [0, 0.1) is 0 Å². The van der Waals surface area contributed by atoms with E-state index in [4.69, 9.17) is 0 Å². The van der Waals surface area contributed by atoms with Gasteiger partial charge in [-0.2, -0.15) is 0 Å².